The van der Waals surface area contributed by atoms with Crippen LogP contribution in [0.4, 0.5) is 0 Å². The van der Waals surface area contributed by atoms with Gasteiger partial charge in [0.2, 0.25) is 0 Å². The molecule has 0 fully saturated rings. The summed E-state index contributed by atoms with van der Waals surface area (Å²) >= 11 is 5.87. The van der Waals surface area contributed by atoms with Gasteiger partial charge in [-0.3, -0.25) is 10.6 Å². The molecule has 2 atom stereocenters. The van der Waals surface area contributed by atoms with Crippen molar-refractivity contribution in [1.29, 1.82) is 0 Å². The number of carbonyl (C=O) groups is 1. The lowest BCUT2D eigenvalue weighted by atomic mass is 9.95. The minimum absolute atomic E-state index is 0. The largest absolute Gasteiger partial charge is 0.481 e. The maximum atomic E-state index is 10.7. The molecule has 0 amide bonds. The van der Waals surface area contributed by atoms with E-state index in [0.29, 0.717) is 0 Å². The number of hydrogen-bond acceptors (Lipinski definition) is 3. The third-order valence-electron chi connectivity index (χ3n) is 1.69. The zero-order chi connectivity index (χ0) is 9.19. The van der Waals surface area contributed by atoms with Crippen LogP contribution < -0.4 is 11.3 Å². The second-order valence-electron chi connectivity index (χ2n) is 2.47. The molecule has 1 rings (SSSR count). The summed E-state index contributed by atoms with van der Waals surface area (Å²) in [5.41, 5.74) is 2.26. The van der Waals surface area contributed by atoms with Crippen LogP contribution in [0.1, 0.15) is 0 Å². The summed E-state index contributed by atoms with van der Waals surface area (Å²) in [6.45, 7) is 0. The van der Waals surface area contributed by atoms with Crippen LogP contribution in [-0.2, 0) is 4.79 Å². The van der Waals surface area contributed by atoms with E-state index < -0.39 is 16.9 Å². The summed E-state index contributed by atoms with van der Waals surface area (Å²) in [5, 5.41) is 8.74. The van der Waals surface area contributed by atoms with Gasteiger partial charge in [0.1, 0.15) is 10.9 Å². The number of alkyl halides is 1. The van der Waals surface area contributed by atoms with Crippen molar-refractivity contribution >= 4 is 30.0 Å². The average molecular weight is 225 g/mol. The molecule has 6 heteroatoms. The fourth-order valence-electron chi connectivity index (χ4n) is 1.01. The third-order valence-corrected chi connectivity index (χ3v) is 2.16. The van der Waals surface area contributed by atoms with Crippen LogP contribution in [0, 0.1) is 5.92 Å². The molecule has 0 spiro atoms. The Kier molecular flexibility index (Phi) is 4.43. The Morgan fingerprint density at radius 2 is 2.23 bits per heavy atom. The Morgan fingerprint density at radius 3 is 2.62 bits per heavy atom. The summed E-state index contributed by atoms with van der Waals surface area (Å²) < 4.78 is 0. The summed E-state index contributed by atoms with van der Waals surface area (Å²) in [7, 11) is 0. The van der Waals surface area contributed by atoms with Crippen molar-refractivity contribution in [2.75, 3.05) is 0 Å². The van der Waals surface area contributed by atoms with Crippen LogP contribution in [0.3, 0.4) is 0 Å². The van der Waals surface area contributed by atoms with Crippen LogP contribution in [0.2, 0.25) is 0 Å². The lowest BCUT2D eigenvalue weighted by Crippen LogP contribution is -2.51. The van der Waals surface area contributed by atoms with E-state index in [1.54, 1.807) is 12.2 Å². The van der Waals surface area contributed by atoms with Crippen molar-refractivity contribution in [3.8, 4) is 0 Å². The molecule has 0 heterocycles. The third kappa shape index (κ3) is 2.45. The number of aliphatic carboxylic acids is 1. The molecule has 1 aliphatic carbocycles. The maximum absolute atomic E-state index is 10.7. The first-order valence-corrected chi connectivity index (χ1v) is 3.73. The van der Waals surface area contributed by atoms with E-state index in [2.05, 4.69) is 5.43 Å². The summed E-state index contributed by atoms with van der Waals surface area (Å²) in [5.74, 6) is 3.29. The summed E-state index contributed by atoms with van der Waals surface area (Å²) in [4.78, 5) is 9.46. The molecule has 0 aliphatic heterocycles. The highest BCUT2D eigenvalue weighted by molar-refractivity contribution is 6.26. The minimum Gasteiger partial charge on any atom is -0.481 e. The normalized spacial score (nSPS) is 31.1. The van der Waals surface area contributed by atoms with Crippen LogP contribution >= 0.6 is 24.0 Å². The fraction of sp³-hybridized carbons (Fsp3) is 0.286. The van der Waals surface area contributed by atoms with Crippen LogP contribution in [0.25, 0.3) is 0 Å². The van der Waals surface area contributed by atoms with E-state index in [4.69, 9.17) is 22.6 Å². The van der Waals surface area contributed by atoms with Gasteiger partial charge in [-0.05, 0) is 6.08 Å². The van der Waals surface area contributed by atoms with Crippen molar-refractivity contribution in [1.82, 2.24) is 5.43 Å². The molecule has 4 N–H and O–H groups in total. The van der Waals surface area contributed by atoms with E-state index in [1.807, 2.05) is 0 Å². The molecule has 4 nitrogen and oxygen atoms in total. The lowest BCUT2D eigenvalue weighted by molar-refractivity contribution is -0.141. The van der Waals surface area contributed by atoms with E-state index in [0.717, 1.165) is 0 Å². The molecule has 13 heavy (non-hydrogen) atoms. The Morgan fingerprint density at radius 1 is 1.62 bits per heavy atom. The van der Waals surface area contributed by atoms with Gasteiger partial charge in [0, 0.05) is 0 Å². The zero-order valence-electron chi connectivity index (χ0n) is 6.61. The number of hydrogen-bond donors (Lipinski definition) is 3. The van der Waals surface area contributed by atoms with Crippen molar-refractivity contribution in [2.24, 2.45) is 11.8 Å². The Labute approximate surface area is 86.8 Å². The molecule has 0 saturated heterocycles. The lowest BCUT2D eigenvalue weighted by Gasteiger charge is -2.28. The topological polar surface area (TPSA) is 75.3 Å². The van der Waals surface area contributed by atoms with Crippen LogP contribution in [-0.4, -0.2) is 16.1 Å². The van der Waals surface area contributed by atoms with Gasteiger partial charge in [-0.1, -0.05) is 29.8 Å². The van der Waals surface area contributed by atoms with Gasteiger partial charge >= 0.3 is 5.97 Å². The van der Waals surface area contributed by atoms with Gasteiger partial charge in [0.25, 0.3) is 0 Å². The molecule has 74 valence electrons. The van der Waals surface area contributed by atoms with Gasteiger partial charge in [-0.2, -0.15) is 0 Å². The van der Waals surface area contributed by atoms with E-state index in [1.165, 1.54) is 12.2 Å². The van der Waals surface area contributed by atoms with Crippen molar-refractivity contribution in [3.63, 3.8) is 0 Å². The van der Waals surface area contributed by atoms with Gasteiger partial charge < -0.3 is 5.11 Å². The second-order valence-corrected chi connectivity index (χ2v) is 3.10. The highest BCUT2D eigenvalue weighted by Crippen LogP contribution is 2.27. The summed E-state index contributed by atoms with van der Waals surface area (Å²) in [6.07, 6.45) is 6.26. The van der Waals surface area contributed by atoms with E-state index in [9.17, 15) is 4.79 Å². The molecule has 1 aliphatic rings. The van der Waals surface area contributed by atoms with Crippen molar-refractivity contribution in [3.05, 3.63) is 24.3 Å². The van der Waals surface area contributed by atoms with Gasteiger partial charge in [-0.25, -0.2) is 5.43 Å². The minimum atomic E-state index is -1.21. The monoisotopic (exact) mass is 224 g/mol. The number of nitrogens with two attached hydrogens (primary N) is 1. The molecule has 0 bridgehead atoms. The Hall–Kier alpha value is -0.550. The zero-order valence-corrected chi connectivity index (χ0v) is 8.18. The molecule has 0 radical (unpaired) electrons. The number of nitrogens with one attached hydrogen (secondary N) is 1. The number of halogens is 2. The Balaban J connectivity index is 0.00000144. The van der Waals surface area contributed by atoms with Crippen LogP contribution in [0.15, 0.2) is 24.3 Å². The predicted octanol–water partition coefficient (Wildman–Crippen LogP) is 0.633. The molecule has 0 saturated carbocycles. The second kappa shape index (κ2) is 4.62. The number of rotatable bonds is 2. The SMILES string of the molecule is Cl.NNC1(Cl)C=CC=CC1C(=O)O. The molecule has 0 aromatic rings. The highest BCUT2D eigenvalue weighted by atomic mass is 35.5. The highest BCUT2D eigenvalue weighted by Gasteiger charge is 2.38. The first-order chi connectivity index (χ1) is 5.60. The summed E-state index contributed by atoms with van der Waals surface area (Å²) in [6, 6.07) is 0. The van der Waals surface area contributed by atoms with Crippen molar-refractivity contribution in [2.45, 2.75) is 5.00 Å². The first-order valence-electron chi connectivity index (χ1n) is 3.35. The molecule has 0 aromatic heterocycles. The number of hydrazine groups is 1. The predicted molar refractivity (Wildman–Crippen MR) is 52.6 cm³/mol. The van der Waals surface area contributed by atoms with E-state index in [-0.39, 0.29) is 12.4 Å². The molecule has 2 unspecified atom stereocenters. The van der Waals surface area contributed by atoms with Gasteiger partial charge in [-0.15, -0.1) is 12.4 Å². The van der Waals surface area contributed by atoms with Gasteiger partial charge in [0.15, 0.2) is 0 Å². The molecular formula is C7H10Cl2N2O2. The van der Waals surface area contributed by atoms with Gasteiger partial charge in [0.05, 0.1) is 0 Å². The number of allylic oxidation sites excluding steroid dienone is 2. The fourth-order valence-corrected chi connectivity index (χ4v) is 1.25. The quantitative estimate of drug-likeness (QED) is 0.279. The van der Waals surface area contributed by atoms with E-state index >= 15 is 0 Å². The maximum Gasteiger partial charge on any atom is 0.313 e. The first kappa shape index (κ1) is 12.4. The number of carboxylic acids is 1. The number of carboxylic acid groups (broad SMARTS) is 1. The smallest absolute Gasteiger partial charge is 0.313 e. The standard InChI is InChI=1S/C7H9ClN2O2.ClH/c8-7(10-9)4-2-1-3-5(7)6(11)12;/h1-5,10H,9H2,(H,11,12);1H. The molecule has 0 aromatic carbocycles. The average Bonchev–Trinajstić information content (AvgIpc) is 2.05. The van der Waals surface area contributed by atoms with Crippen molar-refractivity contribution < 1.29 is 9.90 Å². The molecular weight excluding hydrogens is 215 g/mol. The van der Waals surface area contributed by atoms with Crippen LogP contribution in [0.5, 0.6) is 0 Å². The Bertz CT molecular complexity index is 255.